The zero-order valence-electron chi connectivity index (χ0n) is 11.9. The van der Waals surface area contributed by atoms with Gasteiger partial charge in [0, 0.05) is 17.4 Å². The SMILES string of the molecule is Cc1nc2c(cc(OC(C(=O)O)C(C)C)c3ccsc32)s1. The highest BCUT2D eigenvalue weighted by Gasteiger charge is 2.25. The van der Waals surface area contributed by atoms with Crippen LogP contribution in [0.3, 0.4) is 0 Å². The van der Waals surface area contributed by atoms with Gasteiger partial charge in [0.05, 0.1) is 19.9 Å². The molecule has 0 aliphatic heterocycles. The van der Waals surface area contributed by atoms with Crippen LogP contribution in [0.2, 0.25) is 0 Å². The molecule has 110 valence electrons. The van der Waals surface area contributed by atoms with E-state index in [-0.39, 0.29) is 5.92 Å². The number of hydrogen-bond acceptors (Lipinski definition) is 5. The van der Waals surface area contributed by atoms with Gasteiger partial charge in [-0.3, -0.25) is 0 Å². The van der Waals surface area contributed by atoms with E-state index < -0.39 is 12.1 Å². The molecule has 0 saturated heterocycles. The second kappa shape index (κ2) is 5.27. The topological polar surface area (TPSA) is 59.4 Å². The number of hydrogen-bond donors (Lipinski definition) is 1. The number of carbonyl (C=O) groups is 1. The number of thiophene rings is 1. The fourth-order valence-corrected chi connectivity index (χ4v) is 4.13. The van der Waals surface area contributed by atoms with Gasteiger partial charge in [-0.15, -0.1) is 22.7 Å². The lowest BCUT2D eigenvalue weighted by Gasteiger charge is -2.19. The third-order valence-corrected chi connectivity index (χ3v) is 5.11. The molecule has 0 radical (unpaired) electrons. The minimum atomic E-state index is -0.936. The van der Waals surface area contributed by atoms with Crippen molar-refractivity contribution in [2.75, 3.05) is 0 Å². The quantitative estimate of drug-likeness (QED) is 0.778. The average Bonchev–Trinajstić information content (AvgIpc) is 2.99. The number of carboxylic acids is 1. The maximum atomic E-state index is 11.4. The molecule has 0 aliphatic rings. The number of ether oxygens (including phenoxy) is 1. The predicted molar refractivity (Wildman–Crippen MR) is 86.6 cm³/mol. The highest BCUT2D eigenvalue weighted by Crippen LogP contribution is 2.39. The second-order valence-corrected chi connectivity index (χ2v) is 7.39. The molecule has 1 unspecified atom stereocenters. The maximum absolute atomic E-state index is 11.4. The molecule has 0 amide bonds. The minimum Gasteiger partial charge on any atom is -0.478 e. The zero-order valence-corrected chi connectivity index (χ0v) is 13.5. The summed E-state index contributed by atoms with van der Waals surface area (Å²) in [6.07, 6.45) is -0.848. The van der Waals surface area contributed by atoms with E-state index in [1.54, 1.807) is 22.7 Å². The standard InChI is InChI=1S/C15H15NO3S2/c1-7(2)13(15(17)18)19-10-6-11-12(16-8(3)21-11)14-9(10)4-5-20-14/h4-7,13H,1-3H3,(H,17,18). The van der Waals surface area contributed by atoms with E-state index in [0.717, 1.165) is 25.3 Å². The van der Waals surface area contributed by atoms with E-state index in [9.17, 15) is 9.90 Å². The van der Waals surface area contributed by atoms with Crippen molar-refractivity contribution in [2.24, 2.45) is 5.92 Å². The summed E-state index contributed by atoms with van der Waals surface area (Å²) >= 11 is 3.20. The summed E-state index contributed by atoms with van der Waals surface area (Å²) in [5.74, 6) is -0.410. The Balaban J connectivity index is 2.16. The minimum absolute atomic E-state index is 0.102. The van der Waals surface area contributed by atoms with Gasteiger partial charge in [-0.2, -0.15) is 0 Å². The van der Waals surface area contributed by atoms with Crippen LogP contribution in [0.25, 0.3) is 20.3 Å². The molecular weight excluding hydrogens is 306 g/mol. The van der Waals surface area contributed by atoms with Gasteiger partial charge in [0.2, 0.25) is 0 Å². The Morgan fingerprint density at radius 2 is 2.19 bits per heavy atom. The number of fused-ring (bicyclic) bond motifs is 3. The van der Waals surface area contributed by atoms with Crippen molar-refractivity contribution in [3.05, 3.63) is 22.5 Å². The molecule has 3 aromatic rings. The van der Waals surface area contributed by atoms with Gasteiger partial charge in [0.1, 0.15) is 5.75 Å². The number of thiazole rings is 1. The molecule has 21 heavy (non-hydrogen) atoms. The fourth-order valence-electron chi connectivity index (χ4n) is 2.29. The van der Waals surface area contributed by atoms with Gasteiger partial charge in [-0.25, -0.2) is 9.78 Å². The Morgan fingerprint density at radius 1 is 1.43 bits per heavy atom. The van der Waals surface area contributed by atoms with E-state index >= 15 is 0 Å². The van der Waals surface area contributed by atoms with Crippen LogP contribution < -0.4 is 4.74 Å². The monoisotopic (exact) mass is 321 g/mol. The Kier molecular flexibility index (Phi) is 3.59. The van der Waals surface area contributed by atoms with Gasteiger partial charge >= 0.3 is 5.97 Å². The average molecular weight is 321 g/mol. The summed E-state index contributed by atoms with van der Waals surface area (Å²) in [5.41, 5.74) is 0.978. The van der Waals surface area contributed by atoms with Crippen LogP contribution in [-0.2, 0) is 4.79 Å². The van der Waals surface area contributed by atoms with Crippen molar-refractivity contribution in [1.29, 1.82) is 0 Å². The zero-order chi connectivity index (χ0) is 15.1. The van der Waals surface area contributed by atoms with Crippen LogP contribution in [0.1, 0.15) is 18.9 Å². The Labute approximate surface area is 130 Å². The number of benzene rings is 1. The normalized spacial score (nSPS) is 13.1. The molecule has 0 bridgehead atoms. The summed E-state index contributed by atoms with van der Waals surface area (Å²) in [6, 6.07) is 3.87. The van der Waals surface area contributed by atoms with Gasteiger partial charge in [0.15, 0.2) is 6.10 Å². The molecule has 1 aromatic carbocycles. The molecule has 0 saturated carbocycles. The van der Waals surface area contributed by atoms with Crippen LogP contribution in [-0.4, -0.2) is 22.2 Å². The molecule has 2 aromatic heterocycles. The summed E-state index contributed by atoms with van der Waals surface area (Å²) in [7, 11) is 0. The molecule has 1 N–H and O–H groups in total. The van der Waals surface area contributed by atoms with Crippen molar-refractivity contribution in [1.82, 2.24) is 4.98 Å². The first-order valence-corrected chi connectivity index (χ1v) is 8.34. The van der Waals surface area contributed by atoms with E-state index in [1.165, 1.54) is 0 Å². The van der Waals surface area contributed by atoms with Crippen LogP contribution in [0.5, 0.6) is 5.75 Å². The third-order valence-electron chi connectivity index (χ3n) is 3.27. The number of rotatable bonds is 4. The van der Waals surface area contributed by atoms with Gasteiger partial charge < -0.3 is 9.84 Å². The van der Waals surface area contributed by atoms with Crippen LogP contribution in [0, 0.1) is 12.8 Å². The summed E-state index contributed by atoms with van der Waals surface area (Å²) in [6.45, 7) is 5.66. The lowest BCUT2D eigenvalue weighted by molar-refractivity contribution is -0.147. The largest absolute Gasteiger partial charge is 0.478 e. The van der Waals surface area contributed by atoms with Gasteiger partial charge in [-0.05, 0) is 18.4 Å². The van der Waals surface area contributed by atoms with Gasteiger partial charge in [-0.1, -0.05) is 13.8 Å². The summed E-state index contributed by atoms with van der Waals surface area (Å²) < 4.78 is 7.90. The Morgan fingerprint density at radius 3 is 2.86 bits per heavy atom. The van der Waals surface area contributed by atoms with Crippen LogP contribution in [0.4, 0.5) is 0 Å². The second-order valence-electron chi connectivity index (χ2n) is 5.24. The number of aliphatic carboxylic acids is 1. The first-order valence-electron chi connectivity index (χ1n) is 6.64. The molecular formula is C15H15NO3S2. The summed E-state index contributed by atoms with van der Waals surface area (Å²) in [4.78, 5) is 15.9. The molecule has 4 nitrogen and oxygen atoms in total. The molecule has 0 fully saturated rings. The smallest absolute Gasteiger partial charge is 0.345 e. The van der Waals surface area contributed by atoms with Crippen LogP contribution >= 0.6 is 22.7 Å². The fraction of sp³-hybridized carbons (Fsp3) is 0.333. The Bertz CT molecular complexity index is 819. The van der Waals surface area contributed by atoms with Crippen molar-refractivity contribution >= 4 is 48.9 Å². The highest BCUT2D eigenvalue weighted by atomic mass is 32.1. The number of aromatic nitrogens is 1. The molecule has 2 heterocycles. The van der Waals surface area contributed by atoms with Crippen molar-refractivity contribution in [2.45, 2.75) is 26.9 Å². The Hall–Kier alpha value is -1.66. The van der Waals surface area contributed by atoms with E-state index in [2.05, 4.69) is 4.98 Å². The molecule has 0 spiro atoms. The molecule has 0 aliphatic carbocycles. The van der Waals surface area contributed by atoms with E-state index in [1.807, 2.05) is 38.3 Å². The first kappa shape index (κ1) is 14.3. The number of aryl methyl sites for hydroxylation is 1. The number of carboxylic acid groups (broad SMARTS) is 1. The first-order chi connectivity index (χ1) is 9.97. The molecule has 6 heteroatoms. The maximum Gasteiger partial charge on any atom is 0.345 e. The van der Waals surface area contributed by atoms with E-state index in [4.69, 9.17) is 4.74 Å². The van der Waals surface area contributed by atoms with E-state index in [0.29, 0.717) is 5.75 Å². The van der Waals surface area contributed by atoms with Crippen molar-refractivity contribution in [3.63, 3.8) is 0 Å². The third kappa shape index (κ3) is 2.49. The van der Waals surface area contributed by atoms with Gasteiger partial charge in [0.25, 0.3) is 0 Å². The van der Waals surface area contributed by atoms with Crippen LogP contribution in [0.15, 0.2) is 17.5 Å². The van der Waals surface area contributed by atoms with Crippen molar-refractivity contribution < 1.29 is 14.6 Å². The number of nitrogens with zero attached hydrogens (tertiary/aromatic N) is 1. The lowest BCUT2D eigenvalue weighted by Crippen LogP contribution is -2.32. The lowest BCUT2D eigenvalue weighted by atomic mass is 10.1. The van der Waals surface area contributed by atoms with Crippen molar-refractivity contribution in [3.8, 4) is 5.75 Å². The highest BCUT2D eigenvalue weighted by molar-refractivity contribution is 7.21. The summed E-state index contributed by atoms with van der Waals surface area (Å²) in [5, 5.41) is 13.2. The predicted octanol–water partition coefficient (Wildman–Crippen LogP) is 4.31. The molecule has 1 atom stereocenters. The molecule has 3 rings (SSSR count).